The molecule has 0 spiro atoms. The van der Waals surface area contributed by atoms with Crippen LogP contribution in [0.4, 0.5) is 0 Å². The third-order valence-corrected chi connectivity index (χ3v) is 5.88. The lowest BCUT2D eigenvalue weighted by molar-refractivity contribution is -0.0156. The zero-order valence-electron chi connectivity index (χ0n) is 13.6. The molecule has 0 aliphatic heterocycles. The molecule has 1 aromatic heterocycles. The molecule has 116 valence electrons. The van der Waals surface area contributed by atoms with E-state index in [1.54, 1.807) is 0 Å². The molecule has 4 aliphatic carbocycles. The first-order chi connectivity index (χ1) is 9.92. The van der Waals surface area contributed by atoms with E-state index in [4.69, 9.17) is 4.42 Å². The van der Waals surface area contributed by atoms with E-state index in [-0.39, 0.29) is 5.54 Å². The molecule has 1 N–H and O–H groups in total. The molecule has 0 saturated heterocycles. The zero-order valence-corrected chi connectivity index (χ0v) is 13.6. The summed E-state index contributed by atoms with van der Waals surface area (Å²) in [5.74, 6) is 4.91. The third kappa shape index (κ3) is 2.54. The van der Waals surface area contributed by atoms with Crippen LogP contribution in [0.15, 0.2) is 10.6 Å². The Morgan fingerprint density at radius 3 is 2.24 bits per heavy atom. The third-order valence-electron chi connectivity index (χ3n) is 5.88. The lowest BCUT2D eigenvalue weighted by Gasteiger charge is -2.55. The minimum atomic E-state index is 0.106. The van der Waals surface area contributed by atoms with Gasteiger partial charge in [-0.05, 0) is 77.0 Å². The fraction of sp³-hybridized carbons (Fsp3) is 0.833. The fourth-order valence-electron chi connectivity index (χ4n) is 5.39. The normalized spacial score (nSPS) is 38.1. The van der Waals surface area contributed by atoms with Crippen molar-refractivity contribution in [2.45, 2.75) is 76.8 Å². The maximum atomic E-state index is 6.19. The molecular formula is C18H28N2O. The van der Waals surface area contributed by atoms with Gasteiger partial charge < -0.3 is 9.73 Å². The van der Waals surface area contributed by atoms with E-state index in [2.05, 4.69) is 31.1 Å². The Morgan fingerprint density at radius 2 is 1.71 bits per heavy atom. The van der Waals surface area contributed by atoms with Crippen LogP contribution < -0.4 is 5.32 Å². The summed E-state index contributed by atoms with van der Waals surface area (Å²) in [5, 5.41) is 3.47. The minimum absolute atomic E-state index is 0.106. The molecule has 0 atom stereocenters. The molecule has 3 nitrogen and oxygen atoms in total. The molecule has 21 heavy (non-hydrogen) atoms. The topological polar surface area (TPSA) is 38.1 Å². The molecule has 0 radical (unpaired) electrons. The van der Waals surface area contributed by atoms with Gasteiger partial charge in [0, 0.05) is 11.0 Å². The Morgan fingerprint density at radius 1 is 1.14 bits per heavy atom. The molecule has 0 aromatic carbocycles. The van der Waals surface area contributed by atoms with Crippen LogP contribution in [0, 0.1) is 17.8 Å². The van der Waals surface area contributed by atoms with Crippen molar-refractivity contribution in [1.82, 2.24) is 10.3 Å². The van der Waals surface area contributed by atoms with Crippen molar-refractivity contribution in [3.8, 4) is 0 Å². The number of rotatable bonds is 3. The Hall–Kier alpha value is -0.830. The molecule has 0 amide bonds. The summed E-state index contributed by atoms with van der Waals surface area (Å²) in [5.41, 5.74) is 0.442. The van der Waals surface area contributed by atoms with Crippen LogP contribution in [0.2, 0.25) is 0 Å². The highest BCUT2D eigenvalue weighted by molar-refractivity contribution is 5.19. The second-order valence-electron chi connectivity index (χ2n) is 8.92. The van der Waals surface area contributed by atoms with Crippen molar-refractivity contribution in [3.63, 3.8) is 0 Å². The lowest BCUT2D eigenvalue weighted by atomic mass is 9.49. The van der Waals surface area contributed by atoms with Crippen LogP contribution in [0.25, 0.3) is 0 Å². The van der Waals surface area contributed by atoms with Gasteiger partial charge in [-0.2, -0.15) is 0 Å². The molecule has 4 aliphatic rings. The summed E-state index contributed by atoms with van der Waals surface area (Å²) in [4.78, 5) is 4.55. The first-order valence-electron chi connectivity index (χ1n) is 8.62. The van der Waals surface area contributed by atoms with Gasteiger partial charge in [0.05, 0.1) is 12.7 Å². The molecule has 5 rings (SSSR count). The van der Waals surface area contributed by atoms with Crippen molar-refractivity contribution >= 4 is 0 Å². The van der Waals surface area contributed by atoms with Crippen molar-refractivity contribution in [2.24, 2.45) is 17.8 Å². The number of hydrogen-bond acceptors (Lipinski definition) is 3. The molecule has 4 bridgehead atoms. The highest BCUT2D eigenvalue weighted by atomic mass is 16.4. The Labute approximate surface area is 127 Å². The van der Waals surface area contributed by atoms with E-state index in [0.29, 0.717) is 5.41 Å². The largest absolute Gasteiger partial charge is 0.444 e. The second kappa shape index (κ2) is 4.58. The molecule has 4 saturated carbocycles. The number of oxazole rings is 1. The van der Waals surface area contributed by atoms with Crippen LogP contribution in [0.3, 0.4) is 0 Å². The zero-order chi connectivity index (χ0) is 14.7. The van der Waals surface area contributed by atoms with Crippen LogP contribution in [-0.4, -0.2) is 10.5 Å². The van der Waals surface area contributed by atoms with E-state index in [1.807, 2.05) is 6.20 Å². The van der Waals surface area contributed by atoms with Crippen molar-refractivity contribution < 1.29 is 4.42 Å². The van der Waals surface area contributed by atoms with E-state index in [0.717, 1.165) is 30.2 Å². The highest BCUT2D eigenvalue weighted by Crippen LogP contribution is 2.60. The molecule has 1 aromatic rings. The maximum Gasteiger partial charge on any atom is 0.208 e. The highest BCUT2D eigenvalue weighted by Gasteiger charge is 2.53. The van der Waals surface area contributed by atoms with E-state index in [1.165, 1.54) is 44.3 Å². The summed E-state index contributed by atoms with van der Waals surface area (Å²) >= 11 is 0. The van der Waals surface area contributed by atoms with Crippen LogP contribution in [0.1, 0.15) is 70.9 Å². The average molecular weight is 288 g/mol. The van der Waals surface area contributed by atoms with Gasteiger partial charge in [0.25, 0.3) is 0 Å². The van der Waals surface area contributed by atoms with Crippen molar-refractivity contribution in [2.75, 3.05) is 0 Å². The number of hydrogen-bond donors (Lipinski definition) is 1. The van der Waals surface area contributed by atoms with Crippen LogP contribution in [0.5, 0.6) is 0 Å². The minimum Gasteiger partial charge on any atom is -0.444 e. The molecule has 4 fully saturated rings. The lowest BCUT2D eigenvalue weighted by Crippen LogP contribution is -2.48. The monoisotopic (exact) mass is 288 g/mol. The summed E-state index contributed by atoms with van der Waals surface area (Å²) in [6, 6.07) is 0. The quantitative estimate of drug-likeness (QED) is 0.912. The number of nitrogens with zero attached hydrogens (tertiary/aromatic N) is 1. The SMILES string of the molecule is CC(C)(C)NCc1ncc(C23CC4CC(CC(C4)C2)C3)o1. The Kier molecular flexibility index (Phi) is 3.01. The van der Waals surface area contributed by atoms with E-state index in [9.17, 15) is 0 Å². The molecule has 3 heteroatoms. The van der Waals surface area contributed by atoms with Gasteiger partial charge in [0.15, 0.2) is 0 Å². The smallest absolute Gasteiger partial charge is 0.208 e. The molecule has 1 heterocycles. The second-order valence-corrected chi connectivity index (χ2v) is 8.92. The van der Waals surface area contributed by atoms with Gasteiger partial charge in [0.2, 0.25) is 5.89 Å². The summed E-state index contributed by atoms with van der Waals surface area (Å²) in [7, 11) is 0. The van der Waals surface area contributed by atoms with Crippen molar-refractivity contribution in [1.29, 1.82) is 0 Å². The standard InChI is InChI=1S/C18H28N2O/c1-17(2,3)20-11-16-19-10-15(21-16)18-7-12-4-13(8-18)6-14(5-12)9-18/h10,12-14,20H,4-9,11H2,1-3H3. The van der Waals surface area contributed by atoms with Gasteiger partial charge in [0.1, 0.15) is 5.76 Å². The maximum absolute atomic E-state index is 6.19. The average Bonchev–Trinajstić information content (AvgIpc) is 2.83. The van der Waals surface area contributed by atoms with Gasteiger partial charge in [-0.1, -0.05) is 0 Å². The molecule has 0 unspecified atom stereocenters. The Balaban J connectivity index is 1.53. The predicted octanol–water partition coefficient (Wildman–Crippen LogP) is 4.03. The van der Waals surface area contributed by atoms with Gasteiger partial charge >= 0.3 is 0 Å². The van der Waals surface area contributed by atoms with Gasteiger partial charge in [-0.25, -0.2) is 4.98 Å². The Bertz CT molecular complexity index is 490. The summed E-state index contributed by atoms with van der Waals surface area (Å²) < 4.78 is 6.19. The summed E-state index contributed by atoms with van der Waals surface area (Å²) in [6.07, 6.45) is 10.5. The number of nitrogens with one attached hydrogen (secondary N) is 1. The molecular weight excluding hydrogens is 260 g/mol. The first-order valence-corrected chi connectivity index (χ1v) is 8.62. The van der Waals surface area contributed by atoms with Crippen LogP contribution in [-0.2, 0) is 12.0 Å². The van der Waals surface area contributed by atoms with Gasteiger partial charge in [-0.15, -0.1) is 0 Å². The number of aromatic nitrogens is 1. The predicted molar refractivity (Wildman–Crippen MR) is 82.9 cm³/mol. The van der Waals surface area contributed by atoms with Crippen molar-refractivity contribution in [3.05, 3.63) is 17.8 Å². The van der Waals surface area contributed by atoms with Crippen LogP contribution >= 0.6 is 0 Å². The summed E-state index contributed by atoms with van der Waals surface area (Å²) in [6.45, 7) is 7.26. The first kappa shape index (κ1) is 13.8. The van der Waals surface area contributed by atoms with E-state index >= 15 is 0 Å². The van der Waals surface area contributed by atoms with Gasteiger partial charge in [-0.3, -0.25) is 0 Å². The fourth-order valence-corrected chi connectivity index (χ4v) is 5.39. The van der Waals surface area contributed by atoms with E-state index < -0.39 is 0 Å².